The van der Waals surface area contributed by atoms with Gasteiger partial charge in [0.2, 0.25) is 0 Å². The quantitative estimate of drug-likeness (QED) is 0.800. The van der Waals surface area contributed by atoms with E-state index in [1.165, 1.54) is 6.07 Å². The zero-order valence-electron chi connectivity index (χ0n) is 8.81. The van der Waals surface area contributed by atoms with Gasteiger partial charge in [-0.15, -0.1) is 0 Å². The highest BCUT2D eigenvalue weighted by Crippen LogP contribution is 2.12. The van der Waals surface area contributed by atoms with Gasteiger partial charge in [-0.3, -0.25) is 4.79 Å². The molecule has 1 heterocycles. The van der Waals surface area contributed by atoms with Crippen molar-refractivity contribution >= 4 is 0 Å². The first-order valence-electron chi connectivity index (χ1n) is 5.15. The van der Waals surface area contributed by atoms with E-state index >= 15 is 0 Å². The van der Waals surface area contributed by atoms with Gasteiger partial charge in [-0.2, -0.15) is 0 Å². The molecule has 0 aliphatic heterocycles. The molecular weight excluding hydrogens is 202 g/mol. The Morgan fingerprint density at radius 1 is 1.25 bits per heavy atom. The molecule has 2 aromatic rings. The van der Waals surface area contributed by atoms with Crippen LogP contribution in [0.25, 0.3) is 11.4 Å². The number of H-pyrrole nitrogens is 1. The van der Waals surface area contributed by atoms with Gasteiger partial charge in [0.05, 0.1) is 0 Å². The third kappa shape index (κ3) is 2.35. The van der Waals surface area contributed by atoms with Crippen LogP contribution in [0.5, 0.6) is 0 Å². The fourth-order valence-electron chi connectivity index (χ4n) is 1.52. The molecule has 1 aromatic carbocycles. The molecule has 0 spiro atoms. The summed E-state index contributed by atoms with van der Waals surface area (Å²) in [6.07, 6.45) is 0.615. The van der Waals surface area contributed by atoms with E-state index in [0.29, 0.717) is 18.8 Å². The van der Waals surface area contributed by atoms with Gasteiger partial charge >= 0.3 is 0 Å². The van der Waals surface area contributed by atoms with Crippen molar-refractivity contribution in [3.05, 3.63) is 52.4 Å². The van der Waals surface area contributed by atoms with E-state index in [2.05, 4.69) is 9.97 Å². The fourth-order valence-corrected chi connectivity index (χ4v) is 1.52. The van der Waals surface area contributed by atoms with Crippen molar-refractivity contribution in [2.75, 3.05) is 6.54 Å². The maximum Gasteiger partial charge on any atom is 0.251 e. The Hall–Kier alpha value is -1.94. The van der Waals surface area contributed by atoms with Crippen LogP contribution in [0, 0.1) is 0 Å². The van der Waals surface area contributed by atoms with E-state index in [-0.39, 0.29) is 5.56 Å². The first-order chi connectivity index (χ1) is 7.79. The number of nitrogens with one attached hydrogen (secondary N) is 1. The summed E-state index contributed by atoms with van der Waals surface area (Å²) in [5, 5.41) is 0. The minimum Gasteiger partial charge on any atom is -0.330 e. The van der Waals surface area contributed by atoms with Gasteiger partial charge in [-0.1, -0.05) is 30.3 Å². The smallest absolute Gasteiger partial charge is 0.251 e. The van der Waals surface area contributed by atoms with Crippen LogP contribution in [0.3, 0.4) is 0 Å². The number of hydrogen-bond acceptors (Lipinski definition) is 3. The summed E-state index contributed by atoms with van der Waals surface area (Å²) in [4.78, 5) is 18.5. The molecule has 0 saturated heterocycles. The first-order valence-corrected chi connectivity index (χ1v) is 5.15. The third-order valence-electron chi connectivity index (χ3n) is 2.24. The average molecular weight is 215 g/mol. The second kappa shape index (κ2) is 4.72. The summed E-state index contributed by atoms with van der Waals surface area (Å²) in [5.41, 5.74) is 6.93. The molecule has 0 amide bonds. The van der Waals surface area contributed by atoms with Gasteiger partial charge in [0.15, 0.2) is 0 Å². The monoisotopic (exact) mass is 215 g/mol. The number of nitrogens with two attached hydrogens (primary N) is 1. The number of hydrogen-bond donors (Lipinski definition) is 2. The lowest BCUT2D eigenvalue weighted by Crippen LogP contribution is -2.13. The molecule has 0 aliphatic rings. The lowest BCUT2D eigenvalue weighted by Gasteiger charge is -2.03. The van der Waals surface area contributed by atoms with Crippen molar-refractivity contribution in [1.29, 1.82) is 0 Å². The Balaban J connectivity index is 2.45. The highest BCUT2D eigenvalue weighted by atomic mass is 16.1. The molecule has 0 saturated carbocycles. The Morgan fingerprint density at radius 3 is 2.69 bits per heavy atom. The van der Waals surface area contributed by atoms with Crippen LogP contribution >= 0.6 is 0 Å². The summed E-state index contributed by atoms with van der Waals surface area (Å²) < 4.78 is 0. The predicted octanol–water partition coefficient (Wildman–Crippen LogP) is 0.938. The molecule has 4 heteroatoms. The van der Waals surface area contributed by atoms with Crippen molar-refractivity contribution in [3.63, 3.8) is 0 Å². The number of benzene rings is 1. The summed E-state index contributed by atoms with van der Waals surface area (Å²) in [6, 6.07) is 11.0. The van der Waals surface area contributed by atoms with E-state index in [0.717, 1.165) is 11.3 Å². The Labute approximate surface area is 93.2 Å². The molecule has 16 heavy (non-hydrogen) atoms. The molecule has 82 valence electrons. The topological polar surface area (TPSA) is 71.8 Å². The molecule has 0 fully saturated rings. The summed E-state index contributed by atoms with van der Waals surface area (Å²) in [5.74, 6) is 0.594. The molecule has 0 bridgehead atoms. The number of rotatable bonds is 3. The van der Waals surface area contributed by atoms with Gasteiger partial charge < -0.3 is 10.7 Å². The van der Waals surface area contributed by atoms with Crippen molar-refractivity contribution in [2.24, 2.45) is 5.73 Å². The minimum atomic E-state index is -0.141. The van der Waals surface area contributed by atoms with E-state index in [1.54, 1.807) is 0 Å². The molecule has 3 N–H and O–H groups in total. The zero-order chi connectivity index (χ0) is 11.4. The van der Waals surface area contributed by atoms with Crippen LogP contribution in [0.15, 0.2) is 41.2 Å². The summed E-state index contributed by atoms with van der Waals surface area (Å²) in [6.45, 7) is 0.491. The van der Waals surface area contributed by atoms with Gasteiger partial charge in [0.25, 0.3) is 5.56 Å². The Kier molecular flexibility index (Phi) is 3.12. The SMILES string of the molecule is NCCc1cc(=O)[nH]c(-c2ccccc2)n1. The van der Waals surface area contributed by atoms with Crippen LogP contribution < -0.4 is 11.3 Å². The van der Waals surface area contributed by atoms with Crippen LogP contribution in [0.4, 0.5) is 0 Å². The van der Waals surface area contributed by atoms with Crippen LogP contribution in [-0.4, -0.2) is 16.5 Å². The molecule has 0 aliphatic carbocycles. The molecule has 4 nitrogen and oxygen atoms in total. The molecular formula is C12H13N3O. The maximum absolute atomic E-state index is 11.4. The second-order valence-electron chi connectivity index (χ2n) is 3.49. The number of nitrogens with zero attached hydrogens (tertiary/aromatic N) is 1. The average Bonchev–Trinajstić information content (AvgIpc) is 2.30. The van der Waals surface area contributed by atoms with E-state index < -0.39 is 0 Å². The van der Waals surface area contributed by atoms with Gasteiger partial charge in [0.1, 0.15) is 5.82 Å². The third-order valence-corrected chi connectivity index (χ3v) is 2.24. The second-order valence-corrected chi connectivity index (χ2v) is 3.49. The summed E-state index contributed by atoms with van der Waals surface area (Å²) >= 11 is 0. The van der Waals surface area contributed by atoms with Crippen molar-refractivity contribution in [3.8, 4) is 11.4 Å². The highest BCUT2D eigenvalue weighted by molar-refractivity contribution is 5.54. The fraction of sp³-hybridized carbons (Fsp3) is 0.167. The normalized spacial score (nSPS) is 10.3. The number of aromatic nitrogens is 2. The molecule has 0 radical (unpaired) electrons. The van der Waals surface area contributed by atoms with Crippen molar-refractivity contribution in [1.82, 2.24) is 9.97 Å². The lowest BCUT2D eigenvalue weighted by molar-refractivity contribution is 0.906. The molecule has 1 aromatic heterocycles. The highest BCUT2D eigenvalue weighted by Gasteiger charge is 2.02. The van der Waals surface area contributed by atoms with E-state index in [9.17, 15) is 4.79 Å². The van der Waals surface area contributed by atoms with E-state index in [1.807, 2.05) is 30.3 Å². The van der Waals surface area contributed by atoms with Gasteiger partial charge in [0, 0.05) is 23.7 Å². The lowest BCUT2D eigenvalue weighted by atomic mass is 10.2. The van der Waals surface area contributed by atoms with Crippen LogP contribution in [0.1, 0.15) is 5.69 Å². The summed E-state index contributed by atoms with van der Waals surface area (Å²) in [7, 11) is 0. The zero-order valence-corrected chi connectivity index (χ0v) is 8.81. The van der Waals surface area contributed by atoms with Crippen LogP contribution in [0.2, 0.25) is 0 Å². The van der Waals surface area contributed by atoms with Crippen molar-refractivity contribution in [2.45, 2.75) is 6.42 Å². The molecule has 0 unspecified atom stereocenters. The molecule has 2 rings (SSSR count). The Morgan fingerprint density at radius 2 is 2.00 bits per heavy atom. The first kappa shape index (κ1) is 10.6. The Bertz CT molecular complexity index is 519. The van der Waals surface area contributed by atoms with Gasteiger partial charge in [-0.05, 0) is 6.54 Å². The predicted molar refractivity (Wildman–Crippen MR) is 63.1 cm³/mol. The maximum atomic E-state index is 11.4. The van der Waals surface area contributed by atoms with E-state index in [4.69, 9.17) is 5.73 Å². The minimum absolute atomic E-state index is 0.141. The molecule has 0 atom stereocenters. The van der Waals surface area contributed by atoms with Crippen LogP contribution in [-0.2, 0) is 6.42 Å². The van der Waals surface area contributed by atoms with Gasteiger partial charge in [-0.25, -0.2) is 4.98 Å². The number of aromatic amines is 1. The standard InChI is InChI=1S/C12H13N3O/c13-7-6-10-8-11(16)15-12(14-10)9-4-2-1-3-5-9/h1-5,8H,6-7,13H2,(H,14,15,16). The van der Waals surface area contributed by atoms with Crippen molar-refractivity contribution < 1.29 is 0 Å². The largest absolute Gasteiger partial charge is 0.330 e.